The van der Waals surface area contributed by atoms with Crippen LogP contribution in [0, 0.1) is 0 Å². The van der Waals surface area contributed by atoms with E-state index in [1.807, 2.05) is 0 Å². The van der Waals surface area contributed by atoms with Crippen LogP contribution in [0.5, 0.6) is 0 Å². The van der Waals surface area contributed by atoms with Crippen molar-refractivity contribution in [3.05, 3.63) is 48.3 Å². The molecule has 0 aliphatic carbocycles. The summed E-state index contributed by atoms with van der Waals surface area (Å²) >= 11 is 0. The van der Waals surface area contributed by atoms with Gasteiger partial charge in [-0.2, -0.15) is 13.2 Å². The molecule has 3 N–H and O–H groups in total. The molecule has 0 aliphatic heterocycles. The molecule has 2 heterocycles. The summed E-state index contributed by atoms with van der Waals surface area (Å²) in [5.74, 6) is -3.97. The molecule has 0 saturated heterocycles. The van der Waals surface area contributed by atoms with Crippen molar-refractivity contribution in [1.82, 2.24) is 9.97 Å². The van der Waals surface area contributed by atoms with Crippen molar-refractivity contribution in [2.75, 3.05) is 0 Å². The standard InChI is InChI=1S/C17H12F3N3O5S/c18-17(19,20)16(25)28-14(24)8-10-7-13-12(5-6-22-15(13)23-10)9-1-3-11(4-2-9)29(21,26)27/h1-7H,8H2,(H,22,23)(H2,21,26,27). The average Bonchev–Trinajstić information content (AvgIpc) is 3.02. The third-order valence-corrected chi connectivity index (χ3v) is 4.78. The van der Waals surface area contributed by atoms with Crippen LogP contribution < -0.4 is 5.14 Å². The largest absolute Gasteiger partial charge is 0.491 e. The van der Waals surface area contributed by atoms with Crippen LogP contribution in [0.4, 0.5) is 13.2 Å². The molecule has 0 saturated carbocycles. The molecule has 0 unspecified atom stereocenters. The van der Waals surface area contributed by atoms with Crippen LogP contribution in [-0.2, 0) is 30.8 Å². The predicted molar refractivity (Wildman–Crippen MR) is 93.8 cm³/mol. The van der Waals surface area contributed by atoms with E-state index >= 15 is 0 Å². The first-order valence-corrected chi connectivity index (χ1v) is 9.41. The highest BCUT2D eigenvalue weighted by atomic mass is 32.2. The number of esters is 2. The van der Waals surface area contributed by atoms with Gasteiger partial charge in [0, 0.05) is 17.3 Å². The Morgan fingerprint density at radius 3 is 2.38 bits per heavy atom. The van der Waals surface area contributed by atoms with E-state index in [0.29, 0.717) is 22.2 Å². The molecule has 8 nitrogen and oxygen atoms in total. The summed E-state index contributed by atoms with van der Waals surface area (Å²) in [5, 5.41) is 5.59. The van der Waals surface area contributed by atoms with Crippen molar-refractivity contribution in [2.24, 2.45) is 5.14 Å². The second-order valence-electron chi connectivity index (χ2n) is 5.92. The fraction of sp³-hybridized carbons (Fsp3) is 0.118. The molecule has 0 radical (unpaired) electrons. The first kappa shape index (κ1) is 20.5. The van der Waals surface area contributed by atoms with Crippen molar-refractivity contribution in [2.45, 2.75) is 17.5 Å². The summed E-state index contributed by atoms with van der Waals surface area (Å²) in [4.78, 5) is 29.1. The first-order chi connectivity index (χ1) is 13.4. The van der Waals surface area contributed by atoms with Crippen LogP contribution in [0.2, 0.25) is 0 Å². The molecule has 0 aliphatic rings. The molecular formula is C17H12F3N3O5S. The van der Waals surface area contributed by atoms with Crippen molar-refractivity contribution in [3.63, 3.8) is 0 Å². The number of pyridine rings is 1. The van der Waals surface area contributed by atoms with Crippen molar-refractivity contribution >= 4 is 33.0 Å². The Kier molecular flexibility index (Phi) is 5.15. The van der Waals surface area contributed by atoms with E-state index < -0.39 is 34.6 Å². The summed E-state index contributed by atoms with van der Waals surface area (Å²) in [6.45, 7) is 0. The number of alkyl halides is 3. The Hall–Kier alpha value is -3.25. The number of hydrogen-bond acceptors (Lipinski definition) is 6. The zero-order valence-corrected chi connectivity index (χ0v) is 15.2. The number of rotatable bonds is 4. The van der Waals surface area contributed by atoms with Gasteiger partial charge in [0.2, 0.25) is 10.0 Å². The summed E-state index contributed by atoms with van der Waals surface area (Å²) in [6.07, 6.45) is -4.42. The Bertz CT molecular complexity index is 1200. The molecule has 0 spiro atoms. The van der Waals surface area contributed by atoms with E-state index in [1.165, 1.54) is 36.5 Å². The number of sulfonamides is 1. The molecule has 3 rings (SSSR count). The lowest BCUT2D eigenvalue weighted by Gasteiger charge is -2.04. The van der Waals surface area contributed by atoms with Crippen LogP contribution in [0.15, 0.2) is 47.5 Å². The minimum absolute atomic E-state index is 0.0709. The predicted octanol–water partition coefficient (Wildman–Crippen LogP) is 2.05. The fourth-order valence-corrected chi connectivity index (χ4v) is 3.12. The normalized spacial score (nSPS) is 12.1. The highest BCUT2D eigenvalue weighted by Gasteiger charge is 2.42. The van der Waals surface area contributed by atoms with Gasteiger partial charge >= 0.3 is 18.1 Å². The number of halogens is 3. The van der Waals surface area contributed by atoms with Gasteiger partial charge in [-0.3, -0.25) is 4.79 Å². The Morgan fingerprint density at radius 2 is 1.79 bits per heavy atom. The Balaban J connectivity index is 1.88. The van der Waals surface area contributed by atoms with Gasteiger partial charge < -0.3 is 9.72 Å². The number of aromatic nitrogens is 2. The number of H-pyrrole nitrogens is 1. The number of ether oxygens (including phenoxy) is 1. The number of primary sulfonamides is 1. The number of aromatic amines is 1. The summed E-state index contributed by atoms with van der Waals surface area (Å²) in [7, 11) is -3.85. The van der Waals surface area contributed by atoms with Crippen molar-refractivity contribution in [1.29, 1.82) is 0 Å². The second kappa shape index (κ2) is 7.29. The van der Waals surface area contributed by atoms with Crippen LogP contribution in [0.3, 0.4) is 0 Å². The van der Waals surface area contributed by atoms with Crippen LogP contribution in [0.1, 0.15) is 5.69 Å². The Morgan fingerprint density at radius 1 is 1.14 bits per heavy atom. The number of hydrogen-bond donors (Lipinski definition) is 2. The van der Waals surface area contributed by atoms with Gasteiger partial charge in [0.15, 0.2) is 0 Å². The summed E-state index contributed by atoms with van der Waals surface area (Å²) in [5.41, 5.74) is 1.76. The Labute approximate surface area is 161 Å². The zero-order chi connectivity index (χ0) is 21.4. The maximum Gasteiger partial charge on any atom is 0.491 e. The minimum atomic E-state index is -5.27. The number of nitrogens with two attached hydrogens (primary N) is 1. The lowest BCUT2D eigenvalue weighted by molar-refractivity contribution is -0.201. The number of nitrogens with zero attached hydrogens (tertiary/aromatic N) is 1. The SMILES string of the molecule is NS(=O)(=O)c1ccc(-c2ccnc3[nH]c(CC(=O)OC(=O)C(F)(F)F)cc23)cc1. The van der Waals surface area contributed by atoms with E-state index in [-0.39, 0.29) is 10.6 Å². The van der Waals surface area contributed by atoms with Gasteiger partial charge in [-0.1, -0.05) is 12.1 Å². The van der Waals surface area contributed by atoms with Gasteiger partial charge in [0.1, 0.15) is 5.65 Å². The van der Waals surface area contributed by atoms with E-state index in [4.69, 9.17) is 5.14 Å². The van der Waals surface area contributed by atoms with Gasteiger partial charge in [-0.15, -0.1) is 0 Å². The maximum absolute atomic E-state index is 12.2. The number of fused-ring (bicyclic) bond motifs is 1. The van der Waals surface area contributed by atoms with E-state index in [2.05, 4.69) is 14.7 Å². The lowest BCUT2D eigenvalue weighted by Crippen LogP contribution is -2.28. The van der Waals surface area contributed by atoms with Gasteiger partial charge in [-0.05, 0) is 35.4 Å². The highest BCUT2D eigenvalue weighted by molar-refractivity contribution is 7.89. The molecule has 0 bridgehead atoms. The van der Waals surface area contributed by atoms with Crippen molar-refractivity contribution < 1.29 is 35.9 Å². The molecule has 0 atom stereocenters. The third kappa shape index (κ3) is 4.60. The van der Waals surface area contributed by atoms with Gasteiger partial charge in [0.25, 0.3) is 0 Å². The molecule has 0 amide bonds. The van der Waals surface area contributed by atoms with E-state index in [9.17, 15) is 31.2 Å². The third-order valence-electron chi connectivity index (χ3n) is 3.85. The number of benzene rings is 1. The summed E-state index contributed by atoms with van der Waals surface area (Å²) in [6, 6.07) is 8.81. The smallest absolute Gasteiger partial charge is 0.386 e. The van der Waals surface area contributed by atoms with Crippen LogP contribution in [0.25, 0.3) is 22.2 Å². The number of nitrogens with one attached hydrogen (secondary N) is 1. The molecule has 3 aromatic rings. The van der Waals surface area contributed by atoms with E-state index in [0.717, 1.165) is 0 Å². The minimum Gasteiger partial charge on any atom is -0.386 e. The molecule has 12 heteroatoms. The molecular weight excluding hydrogens is 415 g/mol. The van der Waals surface area contributed by atoms with Crippen LogP contribution >= 0.6 is 0 Å². The molecule has 2 aromatic heterocycles. The molecule has 0 fully saturated rings. The van der Waals surface area contributed by atoms with Crippen LogP contribution in [-0.4, -0.2) is 36.5 Å². The molecule has 152 valence electrons. The summed E-state index contributed by atoms with van der Waals surface area (Å²) < 4.78 is 63.0. The van der Waals surface area contributed by atoms with Crippen molar-refractivity contribution in [3.8, 4) is 11.1 Å². The average molecular weight is 427 g/mol. The second-order valence-corrected chi connectivity index (χ2v) is 7.48. The quantitative estimate of drug-likeness (QED) is 0.484. The van der Waals surface area contributed by atoms with Gasteiger partial charge in [-0.25, -0.2) is 23.3 Å². The fourth-order valence-electron chi connectivity index (χ4n) is 2.61. The molecule has 1 aromatic carbocycles. The first-order valence-electron chi connectivity index (χ1n) is 7.87. The maximum atomic E-state index is 12.2. The zero-order valence-electron chi connectivity index (χ0n) is 14.4. The molecule has 29 heavy (non-hydrogen) atoms. The number of carbonyl (C=O) groups excluding carboxylic acids is 2. The number of carbonyl (C=O) groups is 2. The lowest BCUT2D eigenvalue weighted by atomic mass is 10.0. The topological polar surface area (TPSA) is 132 Å². The highest BCUT2D eigenvalue weighted by Crippen LogP contribution is 2.29. The van der Waals surface area contributed by atoms with Gasteiger partial charge in [0.05, 0.1) is 11.3 Å². The van der Waals surface area contributed by atoms with E-state index in [1.54, 1.807) is 6.07 Å². The monoisotopic (exact) mass is 427 g/mol.